The van der Waals surface area contributed by atoms with Gasteiger partial charge in [0.05, 0.1) is 19.3 Å². The molecule has 0 radical (unpaired) electrons. The van der Waals surface area contributed by atoms with Gasteiger partial charge in [-0.3, -0.25) is 9.36 Å². The van der Waals surface area contributed by atoms with Crippen molar-refractivity contribution in [3.05, 3.63) is 16.4 Å². The second-order valence-corrected chi connectivity index (χ2v) is 6.56. The minimum absolute atomic E-state index is 0.0188. The van der Waals surface area contributed by atoms with Gasteiger partial charge in [-0.2, -0.15) is 18.2 Å². The summed E-state index contributed by atoms with van der Waals surface area (Å²) in [4.78, 5) is 20.1. The number of hydrogen-bond acceptors (Lipinski definition) is 5. The predicted octanol–water partition coefficient (Wildman–Crippen LogP) is 2.02. The molecule has 0 spiro atoms. The molecular formula is C16H23F3N4O2. The van der Waals surface area contributed by atoms with Crippen LogP contribution >= 0.6 is 0 Å². The second kappa shape index (κ2) is 6.86. The molecule has 140 valence electrons. The van der Waals surface area contributed by atoms with Crippen LogP contribution in [0.4, 0.5) is 24.9 Å². The quantitative estimate of drug-likeness (QED) is 0.826. The summed E-state index contributed by atoms with van der Waals surface area (Å²) >= 11 is 0. The number of nitrogens with zero attached hydrogens (tertiary/aromatic N) is 4. The highest BCUT2D eigenvalue weighted by Gasteiger charge is 2.46. The minimum Gasteiger partial charge on any atom is -0.377 e. The Balaban J connectivity index is 2.04. The lowest BCUT2D eigenvalue weighted by Gasteiger charge is -2.40. The van der Waals surface area contributed by atoms with Crippen LogP contribution in [-0.2, 0) is 11.3 Å². The van der Waals surface area contributed by atoms with E-state index in [4.69, 9.17) is 4.74 Å². The molecule has 0 bridgehead atoms. The van der Waals surface area contributed by atoms with Gasteiger partial charge in [-0.15, -0.1) is 0 Å². The van der Waals surface area contributed by atoms with E-state index in [0.717, 1.165) is 0 Å². The number of hydrogen-bond donors (Lipinski definition) is 0. The Morgan fingerprint density at radius 3 is 2.76 bits per heavy atom. The molecule has 1 saturated heterocycles. The first-order chi connectivity index (χ1) is 11.8. The average molecular weight is 360 g/mol. The molecule has 6 nitrogen and oxygen atoms in total. The molecule has 25 heavy (non-hydrogen) atoms. The third-order valence-corrected chi connectivity index (χ3v) is 4.74. The number of halogens is 3. The Bertz CT molecular complexity index is 676. The molecule has 3 heterocycles. The summed E-state index contributed by atoms with van der Waals surface area (Å²) in [5.41, 5.74) is -0.305. The third kappa shape index (κ3) is 3.47. The lowest BCUT2D eigenvalue weighted by molar-refractivity contribution is -0.152. The molecule has 0 N–H and O–H groups in total. The summed E-state index contributed by atoms with van der Waals surface area (Å²) in [6.45, 7) is 5.58. The van der Waals surface area contributed by atoms with Gasteiger partial charge >= 0.3 is 6.18 Å². The zero-order valence-corrected chi connectivity index (χ0v) is 14.4. The van der Waals surface area contributed by atoms with Crippen LogP contribution < -0.4 is 15.4 Å². The van der Waals surface area contributed by atoms with Crippen molar-refractivity contribution in [3.63, 3.8) is 0 Å². The van der Waals surface area contributed by atoms with E-state index < -0.39 is 12.2 Å². The molecule has 0 aromatic carbocycles. The topological polar surface area (TPSA) is 50.6 Å². The standard InChI is InChI=1S/C16H23F3N4O2/c1-3-5-22-12(16(17,18)19)4-6-23-14(24)9-13(20-15(22)23)21-7-8-25-10-11(21)2/h9,11-12H,3-8,10H2,1-2H3. The Morgan fingerprint density at radius 1 is 1.36 bits per heavy atom. The van der Waals surface area contributed by atoms with E-state index in [-0.39, 0.29) is 37.1 Å². The monoisotopic (exact) mass is 360 g/mol. The molecule has 1 fully saturated rings. The molecule has 9 heteroatoms. The smallest absolute Gasteiger partial charge is 0.377 e. The molecule has 2 atom stereocenters. The van der Waals surface area contributed by atoms with Crippen molar-refractivity contribution < 1.29 is 17.9 Å². The molecule has 2 aliphatic heterocycles. The van der Waals surface area contributed by atoms with Crippen LogP contribution in [-0.4, -0.2) is 54.1 Å². The maximum atomic E-state index is 13.4. The summed E-state index contributed by atoms with van der Waals surface area (Å²) in [5, 5.41) is 0. The molecule has 3 rings (SSSR count). The van der Waals surface area contributed by atoms with E-state index in [1.807, 2.05) is 18.7 Å². The van der Waals surface area contributed by atoms with E-state index in [2.05, 4.69) is 4.98 Å². The first-order valence-corrected chi connectivity index (χ1v) is 8.62. The predicted molar refractivity (Wildman–Crippen MR) is 88.2 cm³/mol. The van der Waals surface area contributed by atoms with Gasteiger partial charge < -0.3 is 14.5 Å². The molecule has 2 unspecified atom stereocenters. The van der Waals surface area contributed by atoms with Crippen molar-refractivity contribution in [1.82, 2.24) is 9.55 Å². The first kappa shape index (κ1) is 18.0. The van der Waals surface area contributed by atoms with Gasteiger partial charge in [0.25, 0.3) is 5.56 Å². The minimum atomic E-state index is -4.35. The first-order valence-electron chi connectivity index (χ1n) is 8.62. The highest BCUT2D eigenvalue weighted by atomic mass is 19.4. The summed E-state index contributed by atoms with van der Waals surface area (Å²) < 4.78 is 47.1. The van der Waals surface area contributed by atoms with Gasteiger partial charge in [-0.05, 0) is 19.8 Å². The zero-order chi connectivity index (χ0) is 18.2. The molecular weight excluding hydrogens is 337 g/mol. The molecule has 0 aliphatic carbocycles. The highest BCUT2D eigenvalue weighted by Crippen LogP contribution is 2.34. The van der Waals surface area contributed by atoms with E-state index >= 15 is 0 Å². The largest absolute Gasteiger partial charge is 0.408 e. The Labute approximate surface area is 144 Å². The molecule has 0 saturated carbocycles. The number of ether oxygens (including phenoxy) is 1. The Hall–Kier alpha value is -1.77. The maximum absolute atomic E-state index is 13.4. The SMILES string of the molecule is CCCN1c2nc(N3CCOCC3C)cc(=O)n2CCC1C(F)(F)F. The van der Waals surface area contributed by atoms with Crippen LogP contribution in [0.5, 0.6) is 0 Å². The van der Waals surface area contributed by atoms with Gasteiger partial charge in [0.15, 0.2) is 0 Å². The highest BCUT2D eigenvalue weighted by molar-refractivity contribution is 5.47. The fourth-order valence-corrected chi connectivity index (χ4v) is 3.51. The van der Waals surface area contributed by atoms with Crippen LogP contribution in [0.25, 0.3) is 0 Å². The van der Waals surface area contributed by atoms with Crippen molar-refractivity contribution in [2.45, 2.75) is 51.5 Å². The number of rotatable bonds is 3. The molecule has 1 aromatic rings. The number of morpholine rings is 1. The molecule has 0 amide bonds. The maximum Gasteiger partial charge on any atom is 0.408 e. The van der Waals surface area contributed by atoms with Crippen LogP contribution in [0.15, 0.2) is 10.9 Å². The van der Waals surface area contributed by atoms with Crippen molar-refractivity contribution >= 4 is 11.8 Å². The normalized spacial score (nSPS) is 24.4. The lowest BCUT2D eigenvalue weighted by Crippen LogP contribution is -2.53. The van der Waals surface area contributed by atoms with Gasteiger partial charge in [0.1, 0.15) is 11.9 Å². The summed E-state index contributed by atoms with van der Waals surface area (Å²) in [5.74, 6) is 0.549. The average Bonchev–Trinajstić information content (AvgIpc) is 2.55. The van der Waals surface area contributed by atoms with E-state index in [0.29, 0.717) is 32.0 Å². The van der Waals surface area contributed by atoms with Gasteiger partial charge in [0.2, 0.25) is 5.95 Å². The molecule has 2 aliphatic rings. The van der Waals surface area contributed by atoms with Crippen LogP contribution in [0.2, 0.25) is 0 Å². The Morgan fingerprint density at radius 2 is 2.12 bits per heavy atom. The van der Waals surface area contributed by atoms with Crippen molar-refractivity contribution in [1.29, 1.82) is 0 Å². The van der Waals surface area contributed by atoms with Crippen LogP contribution in [0, 0.1) is 0 Å². The summed E-state index contributed by atoms with van der Waals surface area (Å²) in [7, 11) is 0. The zero-order valence-electron chi connectivity index (χ0n) is 14.4. The van der Waals surface area contributed by atoms with Crippen LogP contribution in [0.3, 0.4) is 0 Å². The number of anilines is 2. The van der Waals surface area contributed by atoms with Gasteiger partial charge in [-0.1, -0.05) is 6.92 Å². The van der Waals surface area contributed by atoms with Crippen molar-refractivity contribution in [2.75, 3.05) is 36.1 Å². The number of aromatic nitrogens is 2. The summed E-state index contributed by atoms with van der Waals surface area (Å²) in [6.07, 6.45) is -3.94. The number of alkyl halides is 3. The summed E-state index contributed by atoms with van der Waals surface area (Å²) in [6, 6.07) is -0.161. The van der Waals surface area contributed by atoms with E-state index in [9.17, 15) is 18.0 Å². The molecule has 1 aromatic heterocycles. The van der Waals surface area contributed by atoms with E-state index in [1.54, 1.807) is 0 Å². The second-order valence-electron chi connectivity index (χ2n) is 6.56. The fourth-order valence-electron chi connectivity index (χ4n) is 3.51. The van der Waals surface area contributed by atoms with Crippen LogP contribution in [0.1, 0.15) is 26.7 Å². The fraction of sp³-hybridized carbons (Fsp3) is 0.750. The third-order valence-electron chi connectivity index (χ3n) is 4.74. The van der Waals surface area contributed by atoms with Gasteiger partial charge in [0, 0.05) is 25.7 Å². The van der Waals surface area contributed by atoms with Crippen molar-refractivity contribution in [2.24, 2.45) is 0 Å². The van der Waals surface area contributed by atoms with E-state index in [1.165, 1.54) is 15.5 Å². The van der Waals surface area contributed by atoms with Gasteiger partial charge in [-0.25, -0.2) is 0 Å². The Kier molecular flexibility index (Phi) is 4.95. The lowest BCUT2D eigenvalue weighted by atomic mass is 10.1. The number of fused-ring (bicyclic) bond motifs is 1. The van der Waals surface area contributed by atoms with Crippen molar-refractivity contribution in [3.8, 4) is 0 Å².